The summed E-state index contributed by atoms with van der Waals surface area (Å²) in [6.45, 7) is -0.115. The largest absolute Gasteiger partial charge is 0.326 e. The van der Waals surface area contributed by atoms with Gasteiger partial charge in [0.05, 0.1) is 15.8 Å². The molecule has 0 radical (unpaired) electrons. The molecular weight excluding hydrogens is 428 g/mol. The molecule has 3 N–H and O–H groups in total. The number of fused-ring (bicyclic) bond motifs is 1. The van der Waals surface area contributed by atoms with Crippen LogP contribution >= 0.6 is 11.3 Å². The lowest BCUT2D eigenvalue weighted by Crippen LogP contribution is -2.24. The molecule has 2 heterocycles. The van der Waals surface area contributed by atoms with Crippen molar-refractivity contribution < 1.29 is 16.8 Å². The minimum Gasteiger partial charge on any atom is -0.307 e. The number of rotatable bonds is 6. The van der Waals surface area contributed by atoms with Gasteiger partial charge >= 0.3 is 5.69 Å². The fourth-order valence-electron chi connectivity index (χ4n) is 2.33. The molecule has 1 aromatic carbocycles. The average Bonchev–Trinajstić information content (AvgIpc) is 3.09. The molecule has 3 aromatic rings. The molecule has 0 atom stereocenters. The zero-order valence-electron chi connectivity index (χ0n) is 14.7. The maximum Gasteiger partial charge on any atom is 0.326 e. The number of nitrogens with zero attached hydrogens (tertiary/aromatic N) is 1. The highest BCUT2D eigenvalue weighted by Crippen LogP contribution is 2.24. The van der Waals surface area contributed by atoms with Crippen molar-refractivity contribution in [3.8, 4) is 0 Å². The molecule has 28 heavy (non-hydrogen) atoms. The highest BCUT2D eigenvalue weighted by Gasteiger charge is 2.21. The molecular formula is C15H16N4O6S3. The van der Waals surface area contributed by atoms with Gasteiger partial charge in [-0.05, 0) is 30.3 Å². The molecule has 10 nitrogen and oxygen atoms in total. The van der Waals surface area contributed by atoms with E-state index in [1.54, 1.807) is 0 Å². The number of thiophene rings is 1. The third kappa shape index (κ3) is 3.93. The van der Waals surface area contributed by atoms with Crippen LogP contribution in [-0.2, 0) is 26.6 Å². The van der Waals surface area contributed by atoms with Crippen molar-refractivity contribution in [2.24, 2.45) is 0 Å². The van der Waals surface area contributed by atoms with E-state index in [0.29, 0.717) is 4.88 Å². The summed E-state index contributed by atoms with van der Waals surface area (Å²) in [4.78, 5) is 27.9. The molecule has 0 saturated heterocycles. The fourth-order valence-corrected chi connectivity index (χ4v) is 5.92. The highest BCUT2D eigenvalue weighted by molar-refractivity contribution is 7.91. The zero-order valence-corrected chi connectivity index (χ0v) is 17.2. The molecule has 0 spiro atoms. The Bertz CT molecular complexity index is 1370. The molecule has 0 aliphatic carbocycles. The van der Waals surface area contributed by atoms with Crippen LogP contribution in [0.2, 0.25) is 0 Å². The van der Waals surface area contributed by atoms with Crippen molar-refractivity contribution in [2.45, 2.75) is 15.6 Å². The third-order valence-electron chi connectivity index (χ3n) is 3.83. The maximum absolute atomic E-state index is 12.5. The summed E-state index contributed by atoms with van der Waals surface area (Å²) < 4.78 is 52.8. The number of benzene rings is 1. The number of aromatic nitrogens is 2. The summed E-state index contributed by atoms with van der Waals surface area (Å²) in [6.07, 6.45) is 0. The molecule has 3 rings (SSSR count). The van der Waals surface area contributed by atoms with Crippen molar-refractivity contribution in [3.05, 3.63) is 56.0 Å². The molecule has 0 aliphatic heterocycles. The van der Waals surface area contributed by atoms with Crippen LogP contribution in [0.3, 0.4) is 0 Å². The Labute approximate surface area is 163 Å². The summed E-state index contributed by atoms with van der Waals surface area (Å²) in [5.74, 6) is 0. The number of hydrogen-bond donors (Lipinski definition) is 3. The second-order valence-electron chi connectivity index (χ2n) is 5.95. The van der Waals surface area contributed by atoms with Gasteiger partial charge in [-0.2, -0.15) is 0 Å². The first-order valence-electron chi connectivity index (χ1n) is 7.78. The Morgan fingerprint density at radius 1 is 1.04 bits per heavy atom. The predicted octanol–water partition coefficient (Wildman–Crippen LogP) is 0.00670. The van der Waals surface area contributed by atoms with Crippen molar-refractivity contribution in [3.63, 3.8) is 0 Å². The molecule has 0 aliphatic rings. The quantitative estimate of drug-likeness (QED) is 0.487. The second-order valence-corrected chi connectivity index (χ2v) is 11.3. The lowest BCUT2D eigenvalue weighted by molar-refractivity contribution is 0.523. The van der Waals surface area contributed by atoms with E-state index in [1.807, 2.05) is 4.98 Å². The van der Waals surface area contributed by atoms with E-state index in [2.05, 4.69) is 9.71 Å². The number of aromatic amines is 2. The lowest BCUT2D eigenvalue weighted by Gasteiger charge is -2.08. The highest BCUT2D eigenvalue weighted by atomic mass is 32.2. The first kappa shape index (κ1) is 20.4. The minimum atomic E-state index is -3.97. The van der Waals surface area contributed by atoms with Crippen molar-refractivity contribution in [1.82, 2.24) is 19.0 Å². The normalized spacial score (nSPS) is 12.7. The van der Waals surface area contributed by atoms with Gasteiger partial charge in [0.2, 0.25) is 10.0 Å². The zero-order chi connectivity index (χ0) is 20.7. The van der Waals surface area contributed by atoms with Gasteiger partial charge < -0.3 is 4.98 Å². The van der Waals surface area contributed by atoms with Crippen molar-refractivity contribution in [2.75, 3.05) is 14.1 Å². The van der Waals surface area contributed by atoms with Gasteiger partial charge in [0.1, 0.15) is 4.21 Å². The summed E-state index contributed by atoms with van der Waals surface area (Å²) in [6, 6.07) is 6.68. The molecule has 0 bridgehead atoms. The summed E-state index contributed by atoms with van der Waals surface area (Å²) in [5, 5.41) is 0.0259. The minimum absolute atomic E-state index is 0.0259. The molecule has 13 heteroatoms. The molecule has 0 amide bonds. The van der Waals surface area contributed by atoms with Gasteiger partial charge in [-0.3, -0.25) is 9.78 Å². The molecule has 0 unspecified atom stereocenters. The summed E-state index contributed by atoms with van der Waals surface area (Å²) in [7, 11) is -4.74. The molecule has 150 valence electrons. The number of hydrogen-bond acceptors (Lipinski definition) is 7. The van der Waals surface area contributed by atoms with Crippen LogP contribution in [0.5, 0.6) is 0 Å². The van der Waals surface area contributed by atoms with Gasteiger partial charge in [0.25, 0.3) is 15.6 Å². The van der Waals surface area contributed by atoms with Crippen LogP contribution in [-0.4, -0.2) is 45.2 Å². The average molecular weight is 445 g/mol. The van der Waals surface area contributed by atoms with Crippen LogP contribution in [0, 0.1) is 0 Å². The van der Waals surface area contributed by atoms with Gasteiger partial charge in [0.15, 0.2) is 0 Å². The number of H-pyrrole nitrogens is 2. The SMILES string of the molecule is CN(C)S(=O)(=O)c1ccc(CNS(=O)(=O)c2ccc3[nH]c(=O)[nH]c(=O)c3c2)s1. The van der Waals surface area contributed by atoms with E-state index >= 15 is 0 Å². The molecule has 2 aromatic heterocycles. The van der Waals surface area contributed by atoms with E-state index in [9.17, 15) is 26.4 Å². The van der Waals surface area contributed by atoms with E-state index in [4.69, 9.17) is 0 Å². The van der Waals surface area contributed by atoms with Crippen LogP contribution in [0.15, 0.2) is 49.0 Å². The topological polar surface area (TPSA) is 149 Å². The van der Waals surface area contributed by atoms with E-state index < -0.39 is 31.3 Å². The van der Waals surface area contributed by atoms with Crippen LogP contribution in [0.1, 0.15) is 4.88 Å². The predicted molar refractivity (Wildman–Crippen MR) is 104 cm³/mol. The lowest BCUT2D eigenvalue weighted by atomic mass is 10.2. The van der Waals surface area contributed by atoms with Crippen molar-refractivity contribution in [1.29, 1.82) is 0 Å². The Hall–Kier alpha value is -2.32. The summed E-state index contributed by atoms with van der Waals surface area (Å²) >= 11 is 0.959. The van der Waals surface area contributed by atoms with E-state index in [-0.39, 0.29) is 26.6 Å². The third-order valence-corrected chi connectivity index (χ3v) is 8.60. The van der Waals surface area contributed by atoms with Crippen LogP contribution < -0.4 is 16.0 Å². The second kappa shape index (κ2) is 7.25. The monoisotopic (exact) mass is 444 g/mol. The first-order valence-corrected chi connectivity index (χ1v) is 11.5. The van der Waals surface area contributed by atoms with Gasteiger partial charge in [-0.25, -0.2) is 30.7 Å². The molecule has 0 saturated carbocycles. The standard InChI is InChI=1S/C15H16N4O6S3/c1-19(2)28(24,25)13-6-3-9(26-13)8-16-27(22,23)10-4-5-12-11(7-10)14(20)18-15(21)17-12/h3-7,16H,8H2,1-2H3,(H2,17,18,20,21). The van der Waals surface area contributed by atoms with E-state index in [1.165, 1.54) is 38.4 Å². The summed E-state index contributed by atoms with van der Waals surface area (Å²) in [5.41, 5.74) is -1.18. The Balaban J connectivity index is 1.85. The van der Waals surface area contributed by atoms with E-state index in [0.717, 1.165) is 21.7 Å². The molecule has 0 fully saturated rings. The number of nitrogens with one attached hydrogen (secondary N) is 3. The van der Waals surface area contributed by atoms with Gasteiger partial charge in [-0.15, -0.1) is 11.3 Å². The van der Waals surface area contributed by atoms with Gasteiger partial charge in [0, 0.05) is 25.5 Å². The Morgan fingerprint density at radius 3 is 2.43 bits per heavy atom. The Morgan fingerprint density at radius 2 is 1.75 bits per heavy atom. The first-order chi connectivity index (χ1) is 13.0. The van der Waals surface area contributed by atoms with Crippen LogP contribution in [0.4, 0.5) is 0 Å². The van der Waals surface area contributed by atoms with Gasteiger partial charge in [-0.1, -0.05) is 0 Å². The maximum atomic E-state index is 12.5. The Kier molecular flexibility index (Phi) is 5.29. The smallest absolute Gasteiger partial charge is 0.307 e. The van der Waals surface area contributed by atoms with Crippen molar-refractivity contribution >= 4 is 42.3 Å². The van der Waals surface area contributed by atoms with Crippen LogP contribution in [0.25, 0.3) is 10.9 Å². The number of sulfonamides is 2. The fraction of sp³-hybridized carbons (Fsp3) is 0.200.